The number of carboxylic acids is 1. The van der Waals surface area contributed by atoms with E-state index in [2.05, 4.69) is 15.4 Å². The van der Waals surface area contributed by atoms with Crippen LogP contribution >= 0.6 is 0 Å². The zero-order valence-electron chi connectivity index (χ0n) is 13.8. The molecule has 1 aromatic heterocycles. The van der Waals surface area contributed by atoms with Gasteiger partial charge >= 0.3 is 5.97 Å². The molecule has 7 heteroatoms. The number of carbonyl (C=O) groups is 1. The molecule has 0 amide bonds. The summed E-state index contributed by atoms with van der Waals surface area (Å²) in [7, 11) is 1.68. The van der Waals surface area contributed by atoms with Gasteiger partial charge in [0.15, 0.2) is 5.49 Å². The third kappa shape index (κ3) is 3.55. The number of benzene rings is 2. The Labute approximate surface area is 144 Å². The number of aromatic nitrogens is 3. The lowest BCUT2D eigenvalue weighted by Crippen LogP contribution is -2.24. The maximum atomic E-state index is 10.9. The van der Waals surface area contributed by atoms with Crippen molar-refractivity contribution in [3.05, 3.63) is 65.1 Å². The molecular formula is C18H17N5O2. The van der Waals surface area contributed by atoms with Crippen molar-refractivity contribution in [2.24, 2.45) is 7.05 Å². The number of hydrogen-bond acceptors (Lipinski definition) is 5. The number of hydrogen-bond donors (Lipinski definition) is 3. The Morgan fingerprint density at radius 1 is 1.12 bits per heavy atom. The highest BCUT2D eigenvalue weighted by Crippen LogP contribution is 2.17. The van der Waals surface area contributed by atoms with Gasteiger partial charge in [-0.2, -0.15) is 0 Å². The van der Waals surface area contributed by atoms with Gasteiger partial charge in [0.25, 0.3) is 0 Å². The van der Waals surface area contributed by atoms with Gasteiger partial charge in [-0.05, 0) is 31.2 Å². The largest absolute Gasteiger partial charge is 0.478 e. The fraction of sp³-hybridized carbons (Fsp3) is 0.111. The Morgan fingerprint density at radius 3 is 2.36 bits per heavy atom. The normalized spacial score (nSPS) is 10.5. The number of anilines is 2. The first-order chi connectivity index (χ1) is 11.9. The Bertz CT molecular complexity index is 976. The van der Waals surface area contributed by atoms with E-state index in [4.69, 9.17) is 10.5 Å². The Morgan fingerprint density at radius 2 is 1.76 bits per heavy atom. The van der Waals surface area contributed by atoms with Crippen LogP contribution in [0, 0.1) is 12.3 Å². The average Bonchev–Trinajstić information content (AvgIpc) is 2.59. The summed E-state index contributed by atoms with van der Waals surface area (Å²) in [6.45, 7) is 2.00. The van der Waals surface area contributed by atoms with Crippen LogP contribution in [0.1, 0.15) is 15.9 Å². The van der Waals surface area contributed by atoms with E-state index in [1.807, 2.05) is 31.2 Å². The summed E-state index contributed by atoms with van der Waals surface area (Å²) in [5.74, 6) is -0.647. The molecule has 0 aliphatic heterocycles. The van der Waals surface area contributed by atoms with Crippen LogP contribution in [-0.2, 0) is 7.05 Å². The van der Waals surface area contributed by atoms with E-state index >= 15 is 0 Å². The van der Waals surface area contributed by atoms with Crippen LogP contribution in [0.25, 0.3) is 11.3 Å². The number of aromatic carboxylic acids is 1. The highest BCUT2D eigenvalue weighted by Gasteiger charge is 2.09. The van der Waals surface area contributed by atoms with Crippen molar-refractivity contribution in [1.29, 1.82) is 5.41 Å². The molecule has 1 heterocycles. The van der Waals surface area contributed by atoms with Crippen LogP contribution in [0.3, 0.4) is 0 Å². The summed E-state index contributed by atoms with van der Waals surface area (Å²) >= 11 is 0. The maximum Gasteiger partial charge on any atom is 0.335 e. The molecule has 0 aliphatic rings. The lowest BCUT2D eigenvalue weighted by molar-refractivity contribution is 0.0697. The topological polar surface area (TPSA) is 104 Å². The molecule has 3 N–H and O–H groups in total. The van der Waals surface area contributed by atoms with Gasteiger partial charge in [0.2, 0.25) is 5.95 Å². The SMILES string of the molecule is Cc1ccc(-c2nc(Nc3ccc(C(=O)O)cc3)nn(C)c2=N)cc1. The minimum atomic E-state index is -0.977. The van der Waals surface area contributed by atoms with E-state index in [-0.39, 0.29) is 11.1 Å². The summed E-state index contributed by atoms with van der Waals surface area (Å²) in [5.41, 5.74) is 3.55. The first-order valence-electron chi connectivity index (χ1n) is 7.61. The number of rotatable bonds is 4. The molecule has 0 saturated carbocycles. The lowest BCUT2D eigenvalue weighted by atomic mass is 10.1. The Balaban J connectivity index is 1.96. The first kappa shape index (κ1) is 16.4. The monoisotopic (exact) mass is 335 g/mol. The second-order valence-electron chi connectivity index (χ2n) is 5.63. The molecule has 0 spiro atoms. The molecule has 0 radical (unpaired) electrons. The lowest BCUT2D eigenvalue weighted by Gasteiger charge is -2.10. The second kappa shape index (κ2) is 6.56. The fourth-order valence-corrected chi connectivity index (χ4v) is 2.32. The third-order valence-corrected chi connectivity index (χ3v) is 3.72. The maximum absolute atomic E-state index is 10.9. The molecule has 3 rings (SSSR count). The van der Waals surface area contributed by atoms with Crippen LogP contribution in [0.2, 0.25) is 0 Å². The predicted molar refractivity (Wildman–Crippen MR) is 93.7 cm³/mol. The van der Waals surface area contributed by atoms with Crippen LogP contribution in [0.15, 0.2) is 48.5 Å². The van der Waals surface area contributed by atoms with Crippen LogP contribution in [0.4, 0.5) is 11.6 Å². The third-order valence-electron chi connectivity index (χ3n) is 3.72. The van der Waals surface area contributed by atoms with E-state index in [0.717, 1.165) is 11.1 Å². The minimum absolute atomic E-state index is 0.204. The van der Waals surface area contributed by atoms with Gasteiger partial charge < -0.3 is 10.4 Å². The number of aryl methyl sites for hydroxylation is 2. The molecule has 3 aromatic rings. The van der Waals surface area contributed by atoms with E-state index in [9.17, 15) is 4.79 Å². The van der Waals surface area contributed by atoms with Gasteiger partial charge in [0, 0.05) is 18.3 Å². The van der Waals surface area contributed by atoms with Crippen LogP contribution < -0.4 is 10.8 Å². The van der Waals surface area contributed by atoms with Gasteiger partial charge in [0.1, 0.15) is 5.69 Å². The van der Waals surface area contributed by atoms with Crippen molar-refractivity contribution >= 4 is 17.6 Å². The van der Waals surface area contributed by atoms with Gasteiger partial charge in [-0.1, -0.05) is 29.8 Å². The van der Waals surface area contributed by atoms with E-state index in [1.54, 1.807) is 19.2 Å². The molecular weight excluding hydrogens is 318 g/mol. The summed E-state index contributed by atoms with van der Waals surface area (Å²) in [6.07, 6.45) is 0. The number of nitrogens with one attached hydrogen (secondary N) is 2. The quantitative estimate of drug-likeness (QED) is 0.680. The van der Waals surface area contributed by atoms with E-state index in [0.29, 0.717) is 17.3 Å². The molecule has 0 fully saturated rings. The zero-order valence-corrected chi connectivity index (χ0v) is 13.8. The standard InChI is InChI=1S/C18H17N5O2/c1-11-3-5-12(6-4-11)15-16(19)23(2)22-18(21-15)20-14-9-7-13(8-10-14)17(24)25/h3-10,19H,1-2H3,(H,20,22)(H,24,25). The molecule has 126 valence electrons. The highest BCUT2D eigenvalue weighted by molar-refractivity contribution is 5.88. The summed E-state index contributed by atoms with van der Waals surface area (Å²) in [5, 5.41) is 24.4. The molecule has 0 aliphatic carbocycles. The second-order valence-corrected chi connectivity index (χ2v) is 5.63. The zero-order chi connectivity index (χ0) is 18.0. The first-order valence-corrected chi connectivity index (χ1v) is 7.61. The van der Waals surface area contributed by atoms with Crippen LogP contribution in [-0.4, -0.2) is 25.8 Å². The van der Waals surface area contributed by atoms with Gasteiger partial charge in [-0.15, -0.1) is 5.10 Å². The fourth-order valence-electron chi connectivity index (χ4n) is 2.32. The number of nitrogens with zero attached hydrogens (tertiary/aromatic N) is 3. The molecule has 2 aromatic carbocycles. The van der Waals surface area contributed by atoms with E-state index < -0.39 is 5.97 Å². The van der Waals surface area contributed by atoms with Crippen molar-refractivity contribution in [2.75, 3.05) is 5.32 Å². The predicted octanol–water partition coefficient (Wildman–Crippen LogP) is 2.71. The highest BCUT2D eigenvalue weighted by atomic mass is 16.4. The molecule has 0 atom stereocenters. The summed E-state index contributed by atoms with van der Waals surface area (Å²) in [6, 6.07) is 14.1. The Kier molecular flexibility index (Phi) is 4.30. The summed E-state index contributed by atoms with van der Waals surface area (Å²) in [4.78, 5) is 15.3. The molecule has 0 unspecified atom stereocenters. The molecule has 0 saturated heterocycles. The molecule has 25 heavy (non-hydrogen) atoms. The Hall–Kier alpha value is -3.48. The van der Waals surface area contributed by atoms with Gasteiger partial charge in [-0.3, -0.25) is 5.41 Å². The summed E-state index contributed by atoms with van der Waals surface area (Å²) < 4.78 is 1.44. The van der Waals surface area contributed by atoms with Crippen molar-refractivity contribution in [3.63, 3.8) is 0 Å². The molecule has 0 bridgehead atoms. The van der Waals surface area contributed by atoms with Crippen molar-refractivity contribution in [2.45, 2.75) is 6.92 Å². The average molecular weight is 335 g/mol. The van der Waals surface area contributed by atoms with Crippen molar-refractivity contribution < 1.29 is 9.90 Å². The minimum Gasteiger partial charge on any atom is -0.478 e. The van der Waals surface area contributed by atoms with Gasteiger partial charge in [-0.25, -0.2) is 14.5 Å². The van der Waals surface area contributed by atoms with Crippen molar-refractivity contribution in [3.8, 4) is 11.3 Å². The van der Waals surface area contributed by atoms with Gasteiger partial charge in [0.05, 0.1) is 5.56 Å². The van der Waals surface area contributed by atoms with Crippen LogP contribution in [0.5, 0.6) is 0 Å². The molecule has 7 nitrogen and oxygen atoms in total. The van der Waals surface area contributed by atoms with E-state index in [1.165, 1.54) is 16.8 Å². The smallest absolute Gasteiger partial charge is 0.335 e. The van der Waals surface area contributed by atoms with Crippen molar-refractivity contribution in [1.82, 2.24) is 14.8 Å². The number of carboxylic acid groups (broad SMARTS) is 1.